The van der Waals surface area contributed by atoms with Gasteiger partial charge in [0.05, 0.1) is 17.0 Å². The molecule has 1 heterocycles. The van der Waals surface area contributed by atoms with Crippen LogP contribution in [0.2, 0.25) is 0 Å². The number of phenolic OH excluding ortho intramolecular Hbond substituents is 1. The van der Waals surface area contributed by atoms with Crippen LogP contribution in [0.5, 0.6) is 5.75 Å². The standard InChI is InChI=1S/C13H12F3N3O3S/c14-13(15,16)8-1-2-9(11(20)7-8)10-3-4-12(19-18-10)23(21,22)6-5-17/h1-4,7,20H,5-6,17H2. The summed E-state index contributed by atoms with van der Waals surface area (Å²) in [5, 5.41) is 16.6. The molecule has 0 aliphatic heterocycles. The Hall–Kier alpha value is -2.20. The van der Waals surface area contributed by atoms with Crippen molar-refractivity contribution in [3.8, 4) is 17.0 Å². The summed E-state index contributed by atoms with van der Waals surface area (Å²) in [6.07, 6.45) is -4.58. The van der Waals surface area contributed by atoms with Gasteiger partial charge in [0, 0.05) is 12.1 Å². The van der Waals surface area contributed by atoms with Gasteiger partial charge in [-0.3, -0.25) is 0 Å². The molecule has 0 aliphatic carbocycles. The van der Waals surface area contributed by atoms with Gasteiger partial charge in [0.25, 0.3) is 0 Å². The summed E-state index contributed by atoms with van der Waals surface area (Å²) in [7, 11) is -3.66. The quantitative estimate of drug-likeness (QED) is 0.870. The maximum Gasteiger partial charge on any atom is 0.416 e. The normalized spacial score (nSPS) is 12.3. The first-order valence-corrected chi connectivity index (χ1v) is 7.97. The Bertz CT molecular complexity index is 805. The van der Waals surface area contributed by atoms with E-state index in [9.17, 15) is 26.7 Å². The third-order valence-electron chi connectivity index (χ3n) is 2.95. The molecule has 0 aliphatic rings. The molecule has 0 spiro atoms. The molecule has 0 radical (unpaired) electrons. The van der Waals surface area contributed by atoms with Crippen molar-refractivity contribution in [2.24, 2.45) is 5.73 Å². The lowest BCUT2D eigenvalue weighted by Gasteiger charge is -2.09. The first-order valence-electron chi connectivity index (χ1n) is 6.32. The third-order valence-corrected chi connectivity index (χ3v) is 4.57. The zero-order valence-electron chi connectivity index (χ0n) is 11.6. The van der Waals surface area contributed by atoms with E-state index in [4.69, 9.17) is 5.73 Å². The molecule has 3 N–H and O–H groups in total. The van der Waals surface area contributed by atoms with E-state index in [-0.39, 0.29) is 28.6 Å². The summed E-state index contributed by atoms with van der Waals surface area (Å²) in [5.41, 5.74) is 4.24. The molecule has 0 bridgehead atoms. The van der Waals surface area contributed by atoms with E-state index in [0.717, 1.165) is 18.2 Å². The number of aromatic hydroxyl groups is 1. The van der Waals surface area contributed by atoms with Gasteiger partial charge in [-0.15, -0.1) is 10.2 Å². The number of sulfone groups is 1. The van der Waals surface area contributed by atoms with Crippen molar-refractivity contribution in [1.82, 2.24) is 10.2 Å². The van der Waals surface area contributed by atoms with E-state index in [1.54, 1.807) is 0 Å². The number of rotatable bonds is 4. The first kappa shape index (κ1) is 17.2. The zero-order chi connectivity index (χ0) is 17.3. The average Bonchev–Trinajstić information content (AvgIpc) is 2.46. The fourth-order valence-electron chi connectivity index (χ4n) is 1.81. The van der Waals surface area contributed by atoms with Gasteiger partial charge >= 0.3 is 6.18 Å². The summed E-state index contributed by atoms with van der Waals surface area (Å²) >= 11 is 0. The van der Waals surface area contributed by atoms with Crippen molar-refractivity contribution in [2.45, 2.75) is 11.2 Å². The summed E-state index contributed by atoms with van der Waals surface area (Å²) in [6, 6.07) is 4.80. The lowest BCUT2D eigenvalue weighted by Crippen LogP contribution is -2.17. The van der Waals surface area contributed by atoms with Crippen LogP contribution in [-0.2, 0) is 16.0 Å². The van der Waals surface area contributed by atoms with Crippen molar-refractivity contribution < 1.29 is 26.7 Å². The Labute approximate surface area is 129 Å². The maximum absolute atomic E-state index is 12.5. The Kier molecular flexibility index (Phi) is 4.57. The van der Waals surface area contributed by atoms with Crippen LogP contribution in [0.4, 0.5) is 13.2 Å². The van der Waals surface area contributed by atoms with E-state index >= 15 is 0 Å². The van der Waals surface area contributed by atoms with Gasteiger partial charge in [0.2, 0.25) is 0 Å². The minimum Gasteiger partial charge on any atom is -0.507 e. The van der Waals surface area contributed by atoms with Crippen LogP contribution in [-0.4, -0.2) is 36.0 Å². The molecule has 124 valence electrons. The van der Waals surface area contributed by atoms with E-state index in [1.165, 1.54) is 6.07 Å². The summed E-state index contributed by atoms with van der Waals surface area (Å²) < 4.78 is 61.1. The molecular formula is C13H12F3N3O3S. The molecule has 2 rings (SSSR count). The van der Waals surface area contributed by atoms with Crippen LogP contribution in [0.15, 0.2) is 35.4 Å². The molecule has 1 aromatic heterocycles. The molecule has 0 saturated heterocycles. The Morgan fingerprint density at radius 2 is 1.83 bits per heavy atom. The van der Waals surface area contributed by atoms with Crippen LogP contribution in [0.25, 0.3) is 11.3 Å². The predicted molar refractivity (Wildman–Crippen MR) is 75.2 cm³/mol. The van der Waals surface area contributed by atoms with Crippen LogP contribution >= 0.6 is 0 Å². The number of halogens is 3. The Morgan fingerprint density at radius 1 is 1.13 bits per heavy atom. The maximum atomic E-state index is 12.5. The van der Waals surface area contributed by atoms with Crippen LogP contribution in [0, 0.1) is 0 Å². The van der Waals surface area contributed by atoms with Crippen molar-refractivity contribution in [3.05, 3.63) is 35.9 Å². The largest absolute Gasteiger partial charge is 0.507 e. The minimum absolute atomic E-state index is 0.00766. The smallest absolute Gasteiger partial charge is 0.416 e. The molecule has 23 heavy (non-hydrogen) atoms. The first-order chi connectivity index (χ1) is 10.6. The molecule has 2 aromatic rings. The fraction of sp³-hybridized carbons (Fsp3) is 0.231. The topological polar surface area (TPSA) is 106 Å². The molecular weight excluding hydrogens is 335 g/mol. The lowest BCUT2D eigenvalue weighted by atomic mass is 10.1. The second-order valence-electron chi connectivity index (χ2n) is 4.59. The molecule has 0 unspecified atom stereocenters. The van der Waals surface area contributed by atoms with Crippen molar-refractivity contribution in [3.63, 3.8) is 0 Å². The van der Waals surface area contributed by atoms with Crippen LogP contribution in [0.3, 0.4) is 0 Å². The van der Waals surface area contributed by atoms with Crippen LogP contribution in [0.1, 0.15) is 5.56 Å². The number of hydrogen-bond acceptors (Lipinski definition) is 6. The second-order valence-corrected chi connectivity index (χ2v) is 6.65. The molecule has 0 atom stereocenters. The number of benzene rings is 1. The monoisotopic (exact) mass is 347 g/mol. The van der Waals surface area contributed by atoms with Gasteiger partial charge in [0.15, 0.2) is 14.9 Å². The van der Waals surface area contributed by atoms with E-state index in [1.807, 2.05) is 0 Å². The molecule has 0 fully saturated rings. The number of aromatic nitrogens is 2. The SMILES string of the molecule is NCCS(=O)(=O)c1ccc(-c2ccc(C(F)(F)F)cc2O)nn1. The second kappa shape index (κ2) is 6.13. The third kappa shape index (κ3) is 3.77. The number of phenols is 1. The van der Waals surface area contributed by atoms with Crippen LogP contribution < -0.4 is 5.73 Å². The molecule has 0 saturated carbocycles. The molecule has 0 amide bonds. The molecule has 1 aromatic carbocycles. The van der Waals surface area contributed by atoms with Gasteiger partial charge in [0.1, 0.15) is 5.75 Å². The fourth-order valence-corrected chi connectivity index (χ4v) is 2.77. The number of nitrogens with two attached hydrogens (primary N) is 1. The van der Waals surface area contributed by atoms with Gasteiger partial charge < -0.3 is 10.8 Å². The highest BCUT2D eigenvalue weighted by atomic mass is 32.2. The number of hydrogen-bond donors (Lipinski definition) is 2. The zero-order valence-corrected chi connectivity index (χ0v) is 12.4. The van der Waals surface area contributed by atoms with E-state index in [0.29, 0.717) is 6.07 Å². The Balaban J connectivity index is 2.37. The van der Waals surface area contributed by atoms with Crippen molar-refractivity contribution in [1.29, 1.82) is 0 Å². The van der Waals surface area contributed by atoms with E-state index < -0.39 is 27.3 Å². The van der Waals surface area contributed by atoms with Gasteiger partial charge in [-0.25, -0.2) is 8.42 Å². The minimum atomic E-state index is -4.58. The summed E-state index contributed by atoms with van der Waals surface area (Å²) in [6.45, 7) is -0.0779. The Morgan fingerprint density at radius 3 is 2.30 bits per heavy atom. The highest BCUT2D eigenvalue weighted by Gasteiger charge is 2.31. The molecule has 6 nitrogen and oxygen atoms in total. The summed E-state index contributed by atoms with van der Waals surface area (Å²) in [5.74, 6) is -0.932. The van der Waals surface area contributed by atoms with Crippen molar-refractivity contribution >= 4 is 9.84 Å². The highest BCUT2D eigenvalue weighted by Crippen LogP contribution is 2.35. The highest BCUT2D eigenvalue weighted by molar-refractivity contribution is 7.91. The van der Waals surface area contributed by atoms with Gasteiger partial charge in [-0.1, -0.05) is 0 Å². The predicted octanol–water partition coefficient (Wildman–Crippen LogP) is 1.60. The lowest BCUT2D eigenvalue weighted by molar-refractivity contribution is -0.137. The van der Waals surface area contributed by atoms with Gasteiger partial charge in [-0.05, 0) is 30.3 Å². The van der Waals surface area contributed by atoms with Gasteiger partial charge in [-0.2, -0.15) is 13.2 Å². The van der Waals surface area contributed by atoms with E-state index in [2.05, 4.69) is 10.2 Å². The molecule has 10 heteroatoms. The average molecular weight is 347 g/mol. The number of nitrogens with zero attached hydrogens (tertiary/aromatic N) is 2. The number of alkyl halides is 3. The van der Waals surface area contributed by atoms with Crippen molar-refractivity contribution in [2.75, 3.05) is 12.3 Å². The summed E-state index contributed by atoms with van der Waals surface area (Å²) in [4.78, 5) is 0.